The summed E-state index contributed by atoms with van der Waals surface area (Å²) in [5, 5.41) is 0. The summed E-state index contributed by atoms with van der Waals surface area (Å²) < 4.78 is 11.2. The van der Waals surface area contributed by atoms with E-state index >= 15 is 0 Å². The van der Waals surface area contributed by atoms with Crippen molar-refractivity contribution < 1.29 is 9.47 Å². The van der Waals surface area contributed by atoms with Gasteiger partial charge in [0.15, 0.2) is 0 Å². The summed E-state index contributed by atoms with van der Waals surface area (Å²) in [5.74, 6) is 0. The minimum absolute atomic E-state index is 0.573. The van der Waals surface area contributed by atoms with E-state index in [0.29, 0.717) is 18.1 Å². The molecule has 126 valence electrons. The molecule has 0 radical (unpaired) electrons. The number of ether oxygens (including phenoxy) is 2. The fraction of sp³-hybridized carbons (Fsp3) is 0.722. The first-order valence-electron chi connectivity index (χ1n) is 8.96. The predicted octanol–water partition coefficient (Wildman–Crippen LogP) is 1.19. The Morgan fingerprint density at radius 3 is 2.74 bits per heavy atom. The van der Waals surface area contributed by atoms with Crippen LogP contribution in [0.1, 0.15) is 18.4 Å². The van der Waals surface area contributed by atoms with Crippen molar-refractivity contribution in [2.45, 2.75) is 37.4 Å². The Bertz CT molecular complexity index is 486. The molecule has 23 heavy (non-hydrogen) atoms. The first-order chi connectivity index (χ1) is 11.4. The molecule has 4 rings (SSSR count). The zero-order chi connectivity index (χ0) is 15.5. The van der Waals surface area contributed by atoms with Gasteiger partial charge in [-0.15, -0.1) is 0 Å². The van der Waals surface area contributed by atoms with Gasteiger partial charge in [-0.2, -0.15) is 0 Å². The van der Waals surface area contributed by atoms with Crippen LogP contribution in [-0.4, -0.2) is 79.0 Å². The average Bonchev–Trinajstić information content (AvgIpc) is 3.26. The van der Waals surface area contributed by atoms with Crippen molar-refractivity contribution in [3.8, 4) is 0 Å². The van der Waals surface area contributed by atoms with Gasteiger partial charge in [-0.05, 0) is 30.9 Å². The van der Waals surface area contributed by atoms with Gasteiger partial charge in [-0.3, -0.25) is 14.8 Å². The number of rotatable bonds is 4. The van der Waals surface area contributed by atoms with Crippen LogP contribution < -0.4 is 0 Å². The zero-order valence-electron chi connectivity index (χ0n) is 13.8. The molecule has 1 aromatic heterocycles. The average molecular weight is 317 g/mol. The molecule has 5 heteroatoms. The monoisotopic (exact) mass is 317 g/mol. The van der Waals surface area contributed by atoms with Crippen LogP contribution in [0.15, 0.2) is 24.5 Å². The molecule has 0 saturated carbocycles. The van der Waals surface area contributed by atoms with E-state index in [1.54, 1.807) is 0 Å². The quantitative estimate of drug-likeness (QED) is 0.834. The summed E-state index contributed by atoms with van der Waals surface area (Å²) >= 11 is 0. The minimum Gasteiger partial charge on any atom is -0.380 e. The second kappa shape index (κ2) is 7.26. The predicted molar refractivity (Wildman–Crippen MR) is 88.5 cm³/mol. The molecular formula is C18H27N3O2. The summed E-state index contributed by atoms with van der Waals surface area (Å²) in [6.45, 7) is 6.92. The summed E-state index contributed by atoms with van der Waals surface area (Å²) in [6.07, 6.45) is 7.42. The third-order valence-corrected chi connectivity index (χ3v) is 5.61. The standard InChI is InChI=1S/C18H27N3O2/c1-2-15(13-19-5-1)12-18-17(20-7-10-22-11-8-20)3-6-21(18)16-4-9-23-14-16/h1-2,5,13,16-18H,3-4,6-12,14H2/t16?,17-,18+/m0/s1. The van der Waals surface area contributed by atoms with E-state index < -0.39 is 0 Å². The highest BCUT2D eigenvalue weighted by Gasteiger charge is 2.41. The molecule has 5 nitrogen and oxygen atoms in total. The maximum atomic E-state index is 5.66. The Kier molecular flexibility index (Phi) is 4.90. The molecule has 4 heterocycles. The molecule has 0 N–H and O–H groups in total. The molecule has 3 atom stereocenters. The molecule has 3 saturated heterocycles. The largest absolute Gasteiger partial charge is 0.380 e. The number of nitrogens with zero attached hydrogens (tertiary/aromatic N) is 3. The summed E-state index contributed by atoms with van der Waals surface area (Å²) in [6, 6.07) is 6.08. The number of hydrogen-bond acceptors (Lipinski definition) is 5. The van der Waals surface area contributed by atoms with Crippen molar-refractivity contribution in [2.24, 2.45) is 0 Å². The lowest BCUT2D eigenvalue weighted by Gasteiger charge is -2.39. The second-order valence-electron chi connectivity index (χ2n) is 6.89. The highest BCUT2D eigenvalue weighted by Crippen LogP contribution is 2.30. The lowest BCUT2D eigenvalue weighted by Crippen LogP contribution is -2.52. The maximum Gasteiger partial charge on any atom is 0.0622 e. The van der Waals surface area contributed by atoms with E-state index in [0.717, 1.165) is 45.9 Å². The molecule has 0 amide bonds. The molecule has 0 spiro atoms. The molecule has 3 aliphatic rings. The highest BCUT2D eigenvalue weighted by molar-refractivity contribution is 5.13. The van der Waals surface area contributed by atoms with Crippen LogP contribution >= 0.6 is 0 Å². The van der Waals surface area contributed by atoms with Gasteiger partial charge in [0.05, 0.1) is 19.8 Å². The Morgan fingerprint density at radius 1 is 1.09 bits per heavy atom. The van der Waals surface area contributed by atoms with E-state index in [9.17, 15) is 0 Å². The van der Waals surface area contributed by atoms with E-state index in [-0.39, 0.29) is 0 Å². The normalized spacial score (nSPS) is 33.3. The topological polar surface area (TPSA) is 37.8 Å². The molecule has 3 fully saturated rings. The third kappa shape index (κ3) is 3.43. The van der Waals surface area contributed by atoms with Gasteiger partial charge >= 0.3 is 0 Å². The fourth-order valence-electron chi connectivity index (χ4n) is 4.45. The van der Waals surface area contributed by atoms with Crippen molar-refractivity contribution in [1.29, 1.82) is 0 Å². The van der Waals surface area contributed by atoms with Crippen LogP contribution in [0.25, 0.3) is 0 Å². The van der Waals surface area contributed by atoms with Gasteiger partial charge in [0.25, 0.3) is 0 Å². The maximum absolute atomic E-state index is 5.66. The van der Waals surface area contributed by atoms with Crippen molar-refractivity contribution in [3.63, 3.8) is 0 Å². The summed E-state index contributed by atoms with van der Waals surface area (Å²) in [7, 11) is 0. The fourth-order valence-corrected chi connectivity index (χ4v) is 4.45. The van der Waals surface area contributed by atoms with Crippen molar-refractivity contribution >= 4 is 0 Å². The van der Waals surface area contributed by atoms with Crippen molar-refractivity contribution in [1.82, 2.24) is 14.8 Å². The van der Waals surface area contributed by atoms with Crippen molar-refractivity contribution in [3.05, 3.63) is 30.1 Å². The lowest BCUT2D eigenvalue weighted by atomic mass is 9.98. The van der Waals surface area contributed by atoms with Crippen LogP contribution in [0.3, 0.4) is 0 Å². The number of aromatic nitrogens is 1. The third-order valence-electron chi connectivity index (χ3n) is 5.61. The molecule has 1 aromatic rings. The van der Waals surface area contributed by atoms with Crippen LogP contribution in [-0.2, 0) is 15.9 Å². The minimum atomic E-state index is 0.573. The van der Waals surface area contributed by atoms with Gasteiger partial charge in [-0.1, -0.05) is 6.07 Å². The number of likely N-dealkylation sites (tertiary alicyclic amines) is 1. The zero-order valence-corrected chi connectivity index (χ0v) is 13.8. The van der Waals surface area contributed by atoms with Crippen LogP contribution in [0.2, 0.25) is 0 Å². The molecule has 0 aliphatic carbocycles. The first-order valence-corrected chi connectivity index (χ1v) is 8.96. The Balaban J connectivity index is 1.52. The lowest BCUT2D eigenvalue weighted by molar-refractivity contribution is 0.00518. The number of hydrogen-bond donors (Lipinski definition) is 0. The summed E-state index contributed by atoms with van der Waals surface area (Å²) in [4.78, 5) is 9.69. The van der Waals surface area contributed by atoms with Gasteiger partial charge < -0.3 is 9.47 Å². The first kappa shape index (κ1) is 15.5. The molecule has 0 aromatic carbocycles. The van der Waals surface area contributed by atoms with Gasteiger partial charge in [0.1, 0.15) is 0 Å². The van der Waals surface area contributed by atoms with Gasteiger partial charge in [0.2, 0.25) is 0 Å². The smallest absolute Gasteiger partial charge is 0.0622 e. The number of pyridine rings is 1. The van der Waals surface area contributed by atoms with E-state index in [1.165, 1.54) is 24.9 Å². The molecule has 1 unspecified atom stereocenters. The molecule has 3 aliphatic heterocycles. The van der Waals surface area contributed by atoms with Crippen LogP contribution in [0, 0.1) is 0 Å². The van der Waals surface area contributed by atoms with E-state index in [2.05, 4.69) is 26.9 Å². The highest BCUT2D eigenvalue weighted by atomic mass is 16.5. The van der Waals surface area contributed by atoms with Gasteiger partial charge in [-0.25, -0.2) is 0 Å². The Labute approximate surface area is 138 Å². The Hall–Kier alpha value is -1.01. The van der Waals surface area contributed by atoms with E-state index in [1.807, 2.05) is 12.4 Å². The van der Waals surface area contributed by atoms with Crippen molar-refractivity contribution in [2.75, 3.05) is 46.1 Å². The van der Waals surface area contributed by atoms with Crippen LogP contribution in [0.4, 0.5) is 0 Å². The number of morpholine rings is 1. The van der Waals surface area contributed by atoms with Gasteiger partial charge in [0, 0.05) is 56.8 Å². The SMILES string of the molecule is c1cncc(C[C@@H]2[C@@H](N3CCOCC3)CCN2C2CCOC2)c1. The second-order valence-corrected chi connectivity index (χ2v) is 6.89. The van der Waals surface area contributed by atoms with Crippen LogP contribution in [0.5, 0.6) is 0 Å². The summed E-state index contributed by atoms with van der Waals surface area (Å²) in [5.41, 5.74) is 1.35. The Morgan fingerprint density at radius 2 is 2.00 bits per heavy atom. The molecular weight excluding hydrogens is 290 g/mol. The molecule has 0 bridgehead atoms. The van der Waals surface area contributed by atoms with E-state index in [4.69, 9.17) is 9.47 Å².